The van der Waals surface area contributed by atoms with Crippen molar-refractivity contribution in [1.82, 2.24) is 5.16 Å². The second kappa shape index (κ2) is 5.30. The molecule has 0 aliphatic carbocycles. The van der Waals surface area contributed by atoms with Crippen molar-refractivity contribution >= 4 is 17.5 Å². The minimum Gasteiger partial charge on any atom is -0.443 e. The zero-order chi connectivity index (χ0) is 15.0. The number of furan rings is 1. The van der Waals surface area contributed by atoms with E-state index in [2.05, 4.69) is 31.1 Å². The van der Waals surface area contributed by atoms with E-state index < -0.39 is 0 Å². The van der Waals surface area contributed by atoms with E-state index in [0.717, 1.165) is 11.1 Å². The number of nitrogen functional groups attached to an aromatic ring is 1. The van der Waals surface area contributed by atoms with Crippen LogP contribution in [-0.4, -0.2) is 5.16 Å². The van der Waals surface area contributed by atoms with E-state index in [0.29, 0.717) is 22.6 Å². The fourth-order valence-corrected chi connectivity index (χ4v) is 2.37. The Morgan fingerprint density at radius 2 is 1.81 bits per heavy atom. The Balaban J connectivity index is 2.08. The molecular weight excluding hydrogens is 288 g/mol. The summed E-state index contributed by atoms with van der Waals surface area (Å²) in [4.78, 5) is 0. The van der Waals surface area contributed by atoms with Gasteiger partial charge in [0.15, 0.2) is 16.7 Å². The van der Waals surface area contributed by atoms with E-state index >= 15 is 0 Å². The molecule has 1 aromatic carbocycles. The molecule has 0 aliphatic heterocycles. The summed E-state index contributed by atoms with van der Waals surface area (Å²) >= 11 is 5.81. The zero-order valence-corrected chi connectivity index (χ0v) is 12.5. The van der Waals surface area contributed by atoms with Gasteiger partial charge in [-0.3, -0.25) is 0 Å². The number of aromatic nitrogens is 1. The van der Waals surface area contributed by atoms with Gasteiger partial charge in [0.2, 0.25) is 5.88 Å². The molecule has 5 heteroatoms. The van der Waals surface area contributed by atoms with Crippen molar-refractivity contribution in [3.63, 3.8) is 0 Å². The summed E-state index contributed by atoms with van der Waals surface area (Å²) in [6.07, 6.45) is 0. The molecule has 4 nitrogen and oxygen atoms in total. The molecule has 0 fully saturated rings. The molecule has 0 saturated heterocycles. The van der Waals surface area contributed by atoms with Crippen LogP contribution in [0.3, 0.4) is 0 Å². The van der Waals surface area contributed by atoms with Crippen LogP contribution < -0.4 is 5.73 Å². The van der Waals surface area contributed by atoms with Crippen molar-refractivity contribution in [3.05, 3.63) is 47.2 Å². The average molecular weight is 303 g/mol. The van der Waals surface area contributed by atoms with E-state index in [1.54, 1.807) is 12.1 Å². The Bertz CT molecular complexity index is 757. The lowest BCUT2D eigenvalue weighted by Gasteiger charge is -2.06. The Kier molecular flexibility index (Phi) is 3.47. The molecule has 0 unspecified atom stereocenters. The number of anilines is 1. The molecule has 3 aromatic rings. The number of rotatable bonds is 3. The zero-order valence-electron chi connectivity index (χ0n) is 11.8. The first-order valence-electron chi connectivity index (χ1n) is 6.67. The molecule has 0 bridgehead atoms. The lowest BCUT2D eigenvalue weighted by Crippen LogP contribution is -1.90. The Labute approximate surface area is 127 Å². The van der Waals surface area contributed by atoms with Crippen molar-refractivity contribution in [2.24, 2.45) is 0 Å². The molecule has 0 amide bonds. The quantitative estimate of drug-likeness (QED) is 0.742. The highest BCUT2D eigenvalue weighted by Gasteiger charge is 2.20. The van der Waals surface area contributed by atoms with Crippen LogP contribution in [0.1, 0.15) is 25.3 Å². The molecule has 0 atom stereocenters. The largest absolute Gasteiger partial charge is 0.443 e. The molecule has 3 rings (SSSR count). The number of hydrogen-bond donors (Lipinski definition) is 1. The fourth-order valence-electron chi connectivity index (χ4n) is 2.23. The van der Waals surface area contributed by atoms with Gasteiger partial charge in [-0.05, 0) is 40.8 Å². The lowest BCUT2D eigenvalue weighted by atomic mass is 9.98. The highest BCUT2D eigenvalue weighted by atomic mass is 35.5. The Hall–Kier alpha value is -2.20. The Morgan fingerprint density at radius 3 is 2.38 bits per heavy atom. The maximum absolute atomic E-state index is 5.91. The standard InChI is InChI=1S/C16H15ClN2O2/c1-9(2)10-3-5-11(6-4-10)14-15(19-21-16(14)18)12-7-8-13(17)20-12/h3-9H,18H2,1-2H3. The molecular formula is C16H15ClN2O2. The molecule has 0 aliphatic rings. The van der Waals surface area contributed by atoms with Crippen LogP contribution in [0.25, 0.3) is 22.6 Å². The normalized spacial score (nSPS) is 11.2. The number of nitrogens with two attached hydrogens (primary N) is 1. The SMILES string of the molecule is CC(C)c1ccc(-c2c(-c3ccc(Cl)o3)noc2N)cc1. The predicted octanol–water partition coefficient (Wildman–Crippen LogP) is 4.96. The highest BCUT2D eigenvalue weighted by molar-refractivity contribution is 6.29. The molecule has 0 saturated carbocycles. The second-order valence-electron chi connectivity index (χ2n) is 5.15. The molecule has 0 spiro atoms. The van der Waals surface area contributed by atoms with Crippen LogP contribution in [0.2, 0.25) is 5.22 Å². The lowest BCUT2D eigenvalue weighted by molar-refractivity contribution is 0.436. The minimum absolute atomic E-state index is 0.259. The van der Waals surface area contributed by atoms with Gasteiger partial charge >= 0.3 is 0 Å². The maximum Gasteiger partial charge on any atom is 0.230 e. The van der Waals surface area contributed by atoms with Crippen LogP contribution in [0.4, 0.5) is 5.88 Å². The number of halogens is 1. The smallest absolute Gasteiger partial charge is 0.230 e. The van der Waals surface area contributed by atoms with E-state index in [1.165, 1.54) is 5.56 Å². The van der Waals surface area contributed by atoms with Crippen LogP contribution in [-0.2, 0) is 0 Å². The van der Waals surface area contributed by atoms with Crippen molar-refractivity contribution in [2.45, 2.75) is 19.8 Å². The summed E-state index contributed by atoms with van der Waals surface area (Å²) in [5.41, 5.74) is 9.37. The van der Waals surface area contributed by atoms with Crippen LogP contribution in [0, 0.1) is 0 Å². The summed E-state index contributed by atoms with van der Waals surface area (Å²) in [7, 11) is 0. The number of hydrogen-bond acceptors (Lipinski definition) is 4. The van der Waals surface area contributed by atoms with Gasteiger partial charge in [0.25, 0.3) is 0 Å². The molecule has 2 N–H and O–H groups in total. The van der Waals surface area contributed by atoms with Gasteiger partial charge in [-0.15, -0.1) is 0 Å². The fraction of sp³-hybridized carbons (Fsp3) is 0.188. The third kappa shape index (κ3) is 2.54. The van der Waals surface area contributed by atoms with Crippen LogP contribution in [0.5, 0.6) is 0 Å². The Morgan fingerprint density at radius 1 is 1.10 bits per heavy atom. The summed E-state index contributed by atoms with van der Waals surface area (Å²) in [6.45, 7) is 4.30. The number of benzene rings is 1. The first kappa shape index (κ1) is 13.8. The molecule has 21 heavy (non-hydrogen) atoms. The monoisotopic (exact) mass is 302 g/mol. The number of nitrogens with zero attached hydrogens (tertiary/aromatic N) is 1. The van der Waals surface area contributed by atoms with Gasteiger partial charge in [0, 0.05) is 0 Å². The van der Waals surface area contributed by atoms with Gasteiger partial charge in [-0.1, -0.05) is 43.3 Å². The molecule has 108 valence electrons. The third-order valence-corrected chi connectivity index (χ3v) is 3.59. The van der Waals surface area contributed by atoms with E-state index in [-0.39, 0.29) is 5.88 Å². The molecule has 2 aromatic heterocycles. The predicted molar refractivity (Wildman–Crippen MR) is 83.2 cm³/mol. The summed E-state index contributed by atoms with van der Waals surface area (Å²) in [5.74, 6) is 1.26. The molecule has 0 radical (unpaired) electrons. The van der Waals surface area contributed by atoms with Gasteiger partial charge in [-0.2, -0.15) is 0 Å². The topological polar surface area (TPSA) is 65.2 Å². The van der Waals surface area contributed by atoms with Crippen molar-refractivity contribution in [2.75, 3.05) is 5.73 Å². The van der Waals surface area contributed by atoms with Gasteiger partial charge in [-0.25, -0.2) is 0 Å². The van der Waals surface area contributed by atoms with E-state index in [1.807, 2.05) is 12.1 Å². The average Bonchev–Trinajstić information content (AvgIpc) is 3.05. The van der Waals surface area contributed by atoms with Crippen LogP contribution in [0.15, 0.2) is 45.3 Å². The van der Waals surface area contributed by atoms with E-state index in [9.17, 15) is 0 Å². The minimum atomic E-state index is 0.259. The van der Waals surface area contributed by atoms with Crippen molar-refractivity contribution < 1.29 is 8.94 Å². The first-order chi connectivity index (χ1) is 10.1. The second-order valence-corrected chi connectivity index (χ2v) is 5.52. The van der Waals surface area contributed by atoms with Crippen molar-refractivity contribution in [3.8, 4) is 22.6 Å². The van der Waals surface area contributed by atoms with Gasteiger partial charge in [0.05, 0.1) is 5.56 Å². The maximum atomic E-state index is 5.91. The van der Waals surface area contributed by atoms with E-state index in [4.69, 9.17) is 26.3 Å². The summed E-state index contributed by atoms with van der Waals surface area (Å²) < 4.78 is 10.5. The molecule has 2 heterocycles. The third-order valence-electron chi connectivity index (χ3n) is 3.39. The van der Waals surface area contributed by atoms with Gasteiger partial charge < -0.3 is 14.7 Å². The summed E-state index contributed by atoms with van der Waals surface area (Å²) in [6, 6.07) is 11.6. The van der Waals surface area contributed by atoms with Crippen LogP contribution >= 0.6 is 11.6 Å². The first-order valence-corrected chi connectivity index (χ1v) is 7.05. The van der Waals surface area contributed by atoms with Crippen molar-refractivity contribution in [1.29, 1.82) is 0 Å². The van der Waals surface area contributed by atoms with Gasteiger partial charge in [0.1, 0.15) is 0 Å². The summed E-state index contributed by atoms with van der Waals surface area (Å²) in [5, 5.41) is 4.28. The highest BCUT2D eigenvalue weighted by Crippen LogP contribution is 2.37.